The van der Waals surface area contributed by atoms with Crippen molar-refractivity contribution >= 4 is 0 Å². The molecule has 0 saturated heterocycles. The molecule has 2 atom stereocenters. The van der Waals surface area contributed by atoms with Gasteiger partial charge in [0.25, 0.3) is 0 Å². The third-order valence-electron chi connectivity index (χ3n) is 4.65. The maximum Gasteiger partial charge on any atom is 0.0733 e. The molecule has 1 aromatic carbocycles. The number of rotatable bonds is 4. The van der Waals surface area contributed by atoms with Crippen LogP contribution in [0.4, 0.5) is 0 Å². The van der Waals surface area contributed by atoms with E-state index >= 15 is 0 Å². The number of aliphatic hydroxyl groups is 1. The Morgan fingerprint density at radius 3 is 2.45 bits per heavy atom. The minimum absolute atomic E-state index is 0.242. The van der Waals surface area contributed by atoms with Crippen LogP contribution in [0.1, 0.15) is 38.7 Å². The fraction of sp³-hybridized carbons (Fsp3) is 0.667. The molecule has 2 unspecified atom stereocenters. The van der Waals surface area contributed by atoms with Gasteiger partial charge in [-0.25, -0.2) is 0 Å². The molecule has 0 heterocycles. The van der Waals surface area contributed by atoms with Crippen molar-refractivity contribution in [3.8, 4) is 0 Å². The van der Waals surface area contributed by atoms with E-state index in [1.54, 1.807) is 0 Å². The lowest BCUT2D eigenvalue weighted by molar-refractivity contribution is -0.0910. The van der Waals surface area contributed by atoms with E-state index in [0.29, 0.717) is 5.92 Å². The molecule has 0 amide bonds. The van der Waals surface area contributed by atoms with Crippen molar-refractivity contribution in [1.82, 2.24) is 4.90 Å². The zero-order chi connectivity index (χ0) is 14.8. The lowest BCUT2D eigenvalue weighted by atomic mass is 9.62. The average Bonchev–Trinajstić information content (AvgIpc) is 2.33. The van der Waals surface area contributed by atoms with Gasteiger partial charge in [-0.15, -0.1) is 0 Å². The van der Waals surface area contributed by atoms with Gasteiger partial charge in [0, 0.05) is 18.9 Å². The van der Waals surface area contributed by atoms with E-state index in [0.717, 1.165) is 25.8 Å². The lowest BCUT2D eigenvalue weighted by Crippen LogP contribution is -2.51. The summed E-state index contributed by atoms with van der Waals surface area (Å²) in [5, 5.41) is 11.3. The van der Waals surface area contributed by atoms with Crippen molar-refractivity contribution in [3.05, 3.63) is 35.9 Å². The van der Waals surface area contributed by atoms with Crippen molar-refractivity contribution in [2.75, 3.05) is 20.6 Å². The summed E-state index contributed by atoms with van der Waals surface area (Å²) >= 11 is 0. The van der Waals surface area contributed by atoms with Gasteiger partial charge in [0.1, 0.15) is 0 Å². The minimum Gasteiger partial charge on any atom is -0.389 e. The fourth-order valence-electron chi connectivity index (χ4n) is 3.75. The maximum atomic E-state index is 11.3. The molecule has 0 radical (unpaired) electrons. The van der Waals surface area contributed by atoms with Gasteiger partial charge in [0.2, 0.25) is 0 Å². The Morgan fingerprint density at radius 1 is 1.20 bits per heavy atom. The average molecular weight is 275 g/mol. The summed E-state index contributed by atoms with van der Waals surface area (Å²) in [6, 6.07) is 10.4. The zero-order valence-corrected chi connectivity index (χ0v) is 13.4. The van der Waals surface area contributed by atoms with Gasteiger partial charge in [-0.05, 0) is 44.3 Å². The van der Waals surface area contributed by atoms with Crippen LogP contribution in [0.15, 0.2) is 30.3 Å². The van der Waals surface area contributed by atoms with Gasteiger partial charge < -0.3 is 10.0 Å². The molecule has 2 nitrogen and oxygen atoms in total. The summed E-state index contributed by atoms with van der Waals surface area (Å²) in [4.78, 5) is 2.21. The second kappa shape index (κ2) is 5.87. The minimum atomic E-state index is -0.576. The Morgan fingerprint density at radius 2 is 1.85 bits per heavy atom. The summed E-state index contributed by atoms with van der Waals surface area (Å²) in [5.74, 6) is 0.366. The normalized spacial score (nSPS) is 29.6. The summed E-state index contributed by atoms with van der Waals surface area (Å²) < 4.78 is 0. The first-order valence-corrected chi connectivity index (χ1v) is 7.72. The molecule has 1 aromatic rings. The highest BCUT2D eigenvalue weighted by Gasteiger charge is 2.45. The number of hydrogen-bond acceptors (Lipinski definition) is 2. The molecule has 2 heteroatoms. The zero-order valence-electron chi connectivity index (χ0n) is 13.4. The standard InChI is InChI=1S/C18H29NO/c1-17(2)11-10-16(13-19(3)4)18(20,14-17)12-15-8-6-5-7-9-15/h5-9,16,20H,10-14H2,1-4H3. The molecule has 0 spiro atoms. The van der Waals surface area contributed by atoms with Crippen LogP contribution in [0, 0.1) is 11.3 Å². The van der Waals surface area contributed by atoms with E-state index in [1.165, 1.54) is 12.0 Å². The van der Waals surface area contributed by atoms with E-state index in [4.69, 9.17) is 0 Å². The van der Waals surface area contributed by atoms with Crippen LogP contribution in [-0.4, -0.2) is 36.2 Å². The predicted molar refractivity (Wildman–Crippen MR) is 84.8 cm³/mol. The number of nitrogens with zero attached hydrogens (tertiary/aromatic N) is 1. The predicted octanol–water partition coefficient (Wildman–Crippen LogP) is 3.35. The highest BCUT2D eigenvalue weighted by molar-refractivity contribution is 5.18. The van der Waals surface area contributed by atoms with Crippen LogP contribution in [0.2, 0.25) is 0 Å². The molecule has 0 aliphatic heterocycles. The Hall–Kier alpha value is -0.860. The lowest BCUT2D eigenvalue weighted by Gasteiger charge is -2.48. The summed E-state index contributed by atoms with van der Waals surface area (Å²) in [7, 11) is 4.20. The summed E-state index contributed by atoms with van der Waals surface area (Å²) in [5.41, 5.74) is 0.913. The molecule has 1 aliphatic carbocycles. The fourth-order valence-corrected chi connectivity index (χ4v) is 3.75. The molecule has 1 saturated carbocycles. The SMILES string of the molecule is CN(C)CC1CCC(C)(C)CC1(O)Cc1ccccc1. The third-order valence-corrected chi connectivity index (χ3v) is 4.65. The van der Waals surface area contributed by atoms with Crippen LogP contribution < -0.4 is 0 Å². The van der Waals surface area contributed by atoms with E-state index < -0.39 is 5.60 Å². The van der Waals surface area contributed by atoms with Crippen molar-refractivity contribution in [2.45, 2.75) is 45.1 Å². The summed E-state index contributed by atoms with van der Waals surface area (Å²) in [6.45, 7) is 5.54. The highest BCUT2D eigenvalue weighted by Crippen LogP contribution is 2.45. The molecule has 1 N–H and O–H groups in total. The molecule has 1 fully saturated rings. The van der Waals surface area contributed by atoms with Gasteiger partial charge in [-0.3, -0.25) is 0 Å². The highest BCUT2D eigenvalue weighted by atomic mass is 16.3. The molecule has 20 heavy (non-hydrogen) atoms. The quantitative estimate of drug-likeness (QED) is 0.911. The largest absolute Gasteiger partial charge is 0.389 e. The molecule has 0 bridgehead atoms. The van der Waals surface area contributed by atoms with Crippen LogP contribution in [0.25, 0.3) is 0 Å². The number of benzene rings is 1. The van der Waals surface area contributed by atoms with Crippen LogP contribution in [0.3, 0.4) is 0 Å². The first-order valence-electron chi connectivity index (χ1n) is 7.72. The van der Waals surface area contributed by atoms with Crippen molar-refractivity contribution < 1.29 is 5.11 Å². The van der Waals surface area contributed by atoms with Crippen molar-refractivity contribution in [1.29, 1.82) is 0 Å². The molecular formula is C18H29NO. The van der Waals surface area contributed by atoms with Crippen LogP contribution >= 0.6 is 0 Å². The van der Waals surface area contributed by atoms with Gasteiger partial charge in [0.05, 0.1) is 5.60 Å². The smallest absolute Gasteiger partial charge is 0.0733 e. The van der Waals surface area contributed by atoms with Crippen LogP contribution in [0.5, 0.6) is 0 Å². The van der Waals surface area contributed by atoms with Crippen molar-refractivity contribution in [2.24, 2.45) is 11.3 Å². The van der Waals surface area contributed by atoms with Crippen molar-refractivity contribution in [3.63, 3.8) is 0 Å². The number of hydrogen-bond donors (Lipinski definition) is 1. The molecule has 0 aromatic heterocycles. The van der Waals surface area contributed by atoms with E-state index in [-0.39, 0.29) is 5.41 Å². The molecular weight excluding hydrogens is 246 g/mol. The molecule has 1 aliphatic rings. The second-order valence-electron chi connectivity index (χ2n) is 7.60. The second-order valence-corrected chi connectivity index (χ2v) is 7.60. The van der Waals surface area contributed by atoms with E-state index in [2.05, 4.69) is 57.1 Å². The Balaban J connectivity index is 2.20. The van der Waals surface area contributed by atoms with Crippen LogP contribution in [-0.2, 0) is 6.42 Å². The Kier molecular flexibility index (Phi) is 4.55. The molecule has 112 valence electrons. The maximum absolute atomic E-state index is 11.3. The van der Waals surface area contributed by atoms with Gasteiger partial charge in [-0.1, -0.05) is 44.2 Å². The van der Waals surface area contributed by atoms with E-state index in [1.807, 2.05) is 6.07 Å². The van der Waals surface area contributed by atoms with Gasteiger partial charge in [-0.2, -0.15) is 0 Å². The first-order chi connectivity index (χ1) is 9.31. The Bertz CT molecular complexity index is 426. The third kappa shape index (κ3) is 3.83. The first kappa shape index (κ1) is 15.5. The van der Waals surface area contributed by atoms with Gasteiger partial charge in [0.15, 0.2) is 0 Å². The Labute approximate surface area is 123 Å². The van der Waals surface area contributed by atoms with E-state index in [9.17, 15) is 5.11 Å². The monoisotopic (exact) mass is 275 g/mol. The topological polar surface area (TPSA) is 23.5 Å². The summed E-state index contributed by atoms with van der Waals surface area (Å²) in [6.07, 6.45) is 4.00. The molecule has 2 rings (SSSR count). The van der Waals surface area contributed by atoms with Gasteiger partial charge >= 0.3 is 0 Å².